The van der Waals surface area contributed by atoms with Gasteiger partial charge in [-0.2, -0.15) is 5.10 Å². The van der Waals surface area contributed by atoms with Crippen molar-refractivity contribution < 1.29 is 19.8 Å². The van der Waals surface area contributed by atoms with Crippen molar-refractivity contribution in [3.63, 3.8) is 0 Å². The van der Waals surface area contributed by atoms with Gasteiger partial charge in [-0.05, 0) is 47.0 Å². The molecule has 3 N–H and O–H groups in total. The number of nitrogens with one attached hydrogen (secondary N) is 1. The molecule has 9 heteroatoms. The molecule has 5 rings (SSSR count). The van der Waals surface area contributed by atoms with Crippen LogP contribution in [0.5, 0.6) is 0 Å². The number of aromatic nitrogens is 2. The lowest BCUT2D eigenvalue weighted by Gasteiger charge is -2.39. The van der Waals surface area contributed by atoms with Crippen LogP contribution in [0.25, 0.3) is 22.0 Å². The number of rotatable bonds is 7. The number of carbonyl (C=O) groups excluding carboxylic acids is 1. The average molecular weight is 488 g/mol. The molecule has 1 saturated heterocycles. The van der Waals surface area contributed by atoms with E-state index in [1.807, 2.05) is 52.0 Å². The van der Waals surface area contributed by atoms with Crippen molar-refractivity contribution in [3.05, 3.63) is 84.1 Å². The van der Waals surface area contributed by atoms with Crippen molar-refractivity contribution in [3.8, 4) is 11.1 Å². The Morgan fingerprint density at radius 3 is 2.58 bits per heavy atom. The Morgan fingerprint density at radius 2 is 1.83 bits per heavy atom. The number of morpholine rings is 1. The highest BCUT2D eigenvalue weighted by atomic mass is 16.5. The zero-order valence-corrected chi connectivity index (χ0v) is 20.0. The van der Waals surface area contributed by atoms with E-state index >= 15 is 0 Å². The fourth-order valence-corrected chi connectivity index (χ4v) is 4.52. The van der Waals surface area contributed by atoms with E-state index in [-0.39, 0.29) is 0 Å². The van der Waals surface area contributed by atoms with E-state index in [1.54, 1.807) is 17.6 Å². The molecule has 1 aliphatic heterocycles. The molecule has 0 spiro atoms. The van der Waals surface area contributed by atoms with Crippen LogP contribution in [-0.2, 0) is 18.3 Å². The van der Waals surface area contributed by atoms with Gasteiger partial charge in [0.15, 0.2) is 6.35 Å². The summed E-state index contributed by atoms with van der Waals surface area (Å²) in [4.78, 5) is 15.6. The van der Waals surface area contributed by atoms with Crippen molar-refractivity contribution in [1.82, 2.24) is 20.2 Å². The standard InChI is InChI=1S/C27H29N5O4/c1-30-25-16-22(9-10-23(25)17-28-30)21-3-2-4-24(15-21)32(27(34)31-11-13-36-14-12-31)18-19-5-7-20(8-6-19)26(33)29-35/h2-10,15-17,27,34-35H,11-14,18H2,1H3,(H,29,33). The van der Waals surface area contributed by atoms with Gasteiger partial charge in [-0.3, -0.25) is 19.6 Å². The first kappa shape index (κ1) is 24.0. The molecule has 0 bridgehead atoms. The van der Waals surface area contributed by atoms with Gasteiger partial charge >= 0.3 is 0 Å². The summed E-state index contributed by atoms with van der Waals surface area (Å²) in [6, 6.07) is 21.3. The first-order valence-electron chi connectivity index (χ1n) is 11.9. The number of aliphatic hydroxyl groups is 1. The highest BCUT2D eigenvalue weighted by Crippen LogP contribution is 2.30. The monoisotopic (exact) mass is 487 g/mol. The van der Waals surface area contributed by atoms with E-state index in [0.717, 1.165) is 33.3 Å². The third-order valence-electron chi connectivity index (χ3n) is 6.58. The van der Waals surface area contributed by atoms with Crippen molar-refractivity contribution >= 4 is 22.5 Å². The maximum Gasteiger partial charge on any atom is 0.274 e. The quantitative estimate of drug-likeness (QED) is 0.209. The number of fused-ring (bicyclic) bond motifs is 1. The Morgan fingerprint density at radius 1 is 1.08 bits per heavy atom. The lowest BCUT2D eigenvalue weighted by Crippen LogP contribution is -2.52. The summed E-state index contributed by atoms with van der Waals surface area (Å²) in [5.74, 6) is -0.565. The minimum absolute atomic E-state index is 0.356. The van der Waals surface area contributed by atoms with Gasteiger partial charge in [0.2, 0.25) is 0 Å². The van der Waals surface area contributed by atoms with Gasteiger partial charge < -0.3 is 14.7 Å². The first-order valence-corrected chi connectivity index (χ1v) is 11.9. The number of aryl methyl sites for hydroxylation is 1. The second-order valence-electron chi connectivity index (χ2n) is 8.85. The van der Waals surface area contributed by atoms with Crippen molar-refractivity contribution in [2.45, 2.75) is 12.9 Å². The summed E-state index contributed by atoms with van der Waals surface area (Å²) in [7, 11) is 1.93. The molecule has 4 aromatic rings. The molecule has 1 atom stereocenters. The number of amides is 1. The van der Waals surface area contributed by atoms with Gasteiger partial charge in [0, 0.05) is 43.3 Å². The van der Waals surface area contributed by atoms with Crippen LogP contribution in [0.2, 0.25) is 0 Å². The number of hydrogen-bond donors (Lipinski definition) is 3. The molecule has 1 aliphatic rings. The third kappa shape index (κ3) is 4.95. The van der Waals surface area contributed by atoms with Crippen LogP contribution in [0.15, 0.2) is 72.9 Å². The summed E-state index contributed by atoms with van der Waals surface area (Å²) in [5, 5.41) is 25.7. The second-order valence-corrected chi connectivity index (χ2v) is 8.85. The number of aliphatic hydroxyl groups excluding tert-OH is 1. The number of hydrogen-bond acceptors (Lipinski definition) is 7. The lowest BCUT2D eigenvalue weighted by molar-refractivity contribution is -0.0597. The van der Waals surface area contributed by atoms with Crippen molar-refractivity contribution in [2.24, 2.45) is 7.05 Å². The van der Waals surface area contributed by atoms with E-state index in [0.29, 0.717) is 38.4 Å². The molecule has 1 amide bonds. The lowest BCUT2D eigenvalue weighted by atomic mass is 10.0. The summed E-state index contributed by atoms with van der Waals surface area (Å²) in [6.45, 7) is 2.82. The second kappa shape index (κ2) is 10.5. The largest absolute Gasteiger partial charge is 0.379 e. The Hall–Kier alpha value is -3.76. The molecular formula is C27H29N5O4. The summed E-state index contributed by atoms with van der Waals surface area (Å²) >= 11 is 0. The Labute approximate surface area is 209 Å². The predicted molar refractivity (Wildman–Crippen MR) is 136 cm³/mol. The predicted octanol–water partition coefficient (Wildman–Crippen LogP) is 2.97. The zero-order chi connectivity index (χ0) is 25.1. The fraction of sp³-hybridized carbons (Fsp3) is 0.259. The zero-order valence-electron chi connectivity index (χ0n) is 20.0. The maximum absolute atomic E-state index is 11.7. The summed E-state index contributed by atoms with van der Waals surface area (Å²) in [5.41, 5.74) is 6.94. The van der Waals surface area contributed by atoms with E-state index in [1.165, 1.54) is 0 Å². The molecule has 9 nitrogen and oxygen atoms in total. The molecule has 1 fully saturated rings. The Balaban J connectivity index is 1.48. The van der Waals surface area contributed by atoms with E-state index in [4.69, 9.17) is 9.94 Å². The highest BCUT2D eigenvalue weighted by molar-refractivity contribution is 5.93. The molecule has 0 radical (unpaired) electrons. The molecule has 186 valence electrons. The van der Waals surface area contributed by atoms with Crippen LogP contribution >= 0.6 is 0 Å². The van der Waals surface area contributed by atoms with E-state index < -0.39 is 12.3 Å². The minimum atomic E-state index is -0.857. The van der Waals surface area contributed by atoms with Crippen LogP contribution in [0.4, 0.5) is 5.69 Å². The number of nitrogens with zero attached hydrogens (tertiary/aromatic N) is 4. The van der Waals surface area contributed by atoms with Crippen LogP contribution in [0.1, 0.15) is 15.9 Å². The SMILES string of the molecule is Cn1ncc2ccc(-c3cccc(N(Cc4ccc(C(=O)NO)cc4)C(O)N4CCOCC4)c3)cc21. The van der Waals surface area contributed by atoms with Crippen LogP contribution in [-0.4, -0.2) is 63.6 Å². The number of benzene rings is 3. The molecule has 3 aromatic carbocycles. The van der Waals surface area contributed by atoms with Crippen molar-refractivity contribution in [1.29, 1.82) is 0 Å². The summed E-state index contributed by atoms with van der Waals surface area (Å²) in [6.07, 6.45) is 0.995. The molecule has 1 aromatic heterocycles. The van der Waals surface area contributed by atoms with Crippen LogP contribution in [0, 0.1) is 0 Å². The van der Waals surface area contributed by atoms with E-state index in [9.17, 15) is 9.90 Å². The smallest absolute Gasteiger partial charge is 0.274 e. The van der Waals surface area contributed by atoms with Gasteiger partial charge in [-0.1, -0.05) is 36.4 Å². The van der Waals surface area contributed by atoms with E-state index in [2.05, 4.69) is 35.4 Å². The molecule has 0 aliphatic carbocycles. The first-order chi connectivity index (χ1) is 17.5. The Kier molecular flexibility index (Phi) is 6.97. The van der Waals surface area contributed by atoms with Crippen molar-refractivity contribution in [2.75, 3.05) is 31.2 Å². The summed E-state index contributed by atoms with van der Waals surface area (Å²) < 4.78 is 7.34. The topological polar surface area (TPSA) is 103 Å². The number of anilines is 1. The van der Waals surface area contributed by atoms with Crippen LogP contribution < -0.4 is 10.4 Å². The highest BCUT2D eigenvalue weighted by Gasteiger charge is 2.26. The number of ether oxygens (including phenoxy) is 1. The molecule has 1 unspecified atom stereocenters. The van der Waals surface area contributed by atoms with Gasteiger partial charge in [0.25, 0.3) is 5.91 Å². The maximum atomic E-state index is 11.7. The number of carbonyl (C=O) groups is 1. The Bertz CT molecular complexity index is 1350. The molecular weight excluding hydrogens is 458 g/mol. The molecule has 2 heterocycles. The molecule has 36 heavy (non-hydrogen) atoms. The minimum Gasteiger partial charge on any atom is -0.379 e. The van der Waals surface area contributed by atoms with Gasteiger partial charge in [0.1, 0.15) is 0 Å². The third-order valence-corrected chi connectivity index (χ3v) is 6.58. The average Bonchev–Trinajstić information content (AvgIpc) is 3.31. The van der Waals surface area contributed by atoms with Crippen LogP contribution in [0.3, 0.4) is 0 Å². The molecule has 0 saturated carbocycles. The van der Waals surface area contributed by atoms with Gasteiger partial charge in [-0.15, -0.1) is 0 Å². The fourth-order valence-electron chi connectivity index (χ4n) is 4.52. The number of hydroxylamine groups is 1. The normalized spacial score (nSPS) is 15.1. The van der Waals surface area contributed by atoms with Gasteiger partial charge in [0.05, 0.1) is 24.9 Å². The van der Waals surface area contributed by atoms with Gasteiger partial charge in [-0.25, -0.2) is 5.48 Å².